The van der Waals surface area contributed by atoms with Gasteiger partial charge in [0.15, 0.2) is 23.1 Å². The van der Waals surface area contributed by atoms with Crippen molar-refractivity contribution in [2.24, 2.45) is 5.92 Å². The molecule has 1 aliphatic rings. The molecule has 0 bridgehead atoms. The highest BCUT2D eigenvalue weighted by molar-refractivity contribution is 6.18. The van der Waals surface area contributed by atoms with Crippen LogP contribution >= 0.6 is 0 Å². The first-order valence-electron chi connectivity index (χ1n) is 9.78. The Morgan fingerprint density at radius 1 is 0.839 bits per heavy atom. The Balaban J connectivity index is 1.88. The van der Waals surface area contributed by atoms with E-state index in [-0.39, 0.29) is 11.6 Å². The highest BCUT2D eigenvalue weighted by atomic mass is 16.5. The number of benzene rings is 3. The van der Waals surface area contributed by atoms with E-state index in [0.717, 1.165) is 0 Å². The topological polar surface area (TPSA) is 71.1 Å². The zero-order chi connectivity index (χ0) is 22.0. The van der Waals surface area contributed by atoms with Crippen molar-refractivity contribution in [3.05, 3.63) is 83.4 Å². The maximum absolute atomic E-state index is 13.5. The predicted molar refractivity (Wildman–Crippen MR) is 115 cm³/mol. The molecule has 0 N–H and O–H groups in total. The van der Waals surface area contributed by atoms with E-state index in [1.807, 2.05) is 6.07 Å². The highest BCUT2D eigenvalue weighted by Crippen LogP contribution is 2.45. The number of ketones is 2. The summed E-state index contributed by atoms with van der Waals surface area (Å²) < 4.78 is 22.5. The maximum atomic E-state index is 13.5. The van der Waals surface area contributed by atoms with Crippen molar-refractivity contribution in [2.45, 2.75) is 6.10 Å². The summed E-state index contributed by atoms with van der Waals surface area (Å²) in [6, 6.07) is 19.1. The van der Waals surface area contributed by atoms with Crippen LogP contribution in [0.15, 0.2) is 66.7 Å². The second kappa shape index (κ2) is 8.52. The Morgan fingerprint density at radius 3 is 2.06 bits per heavy atom. The van der Waals surface area contributed by atoms with Gasteiger partial charge in [-0.15, -0.1) is 0 Å². The third-order valence-electron chi connectivity index (χ3n) is 5.35. The lowest BCUT2D eigenvalue weighted by Gasteiger charge is -2.32. The van der Waals surface area contributed by atoms with E-state index in [2.05, 4.69) is 0 Å². The van der Waals surface area contributed by atoms with Gasteiger partial charge in [-0.25, -0.2) is 0 Å². The van der Waals surface area contributed by atoms with Crippen LogP contribution in [0.1, 0.15) is 32.4 Å². The van der Waals surface area contributed by atoms with E-state index >= 15 is 0 Å². The molecule has 1 heterocycles. The first kappa shape index (κ1) is 20.5. The van der Waals surface area contributed by atoms with Gasteiger partial charge in [0, 0.05) is 11.1 Å². The normalized spacial score (nSPS) is 17.3. The molecule has 0 spiro atoms. The molecular weight excluding hydrogens is 396 g/mol. The largest absolute Gasteiger partial charge is 0.493 e. The van der Waals surface area contributed by atoms with E-state index in [9.17, 15) is 9.59 Å². The minimum atomic E-state index is -1.06. The van der Waals surface area contributed by atoms with Crippen molar-refractivity contribution in [1.29, 1.82) is 0 Å². The highest BCUT2D eigenvalue weighted by Gasteiger charge is 2.43. The number of para-hydroxylation sites is 1. The molecule has 1 aliphatic heterocycles. The first-order valence-corrected chi connectivity index (χ1v) is 9.78. The molecule has 0 aromatic heterocycles. The Morgan fingerprint density at radius 2 is 1.45 bits per heavy atom. The Bertz CT molecular complexity index is 1100. The summed E-state index contributed by atoms with van der Waals surface area (Å²) in [7, 11) is 4.53. The summed E-state index contributed by atoms with van der Waals surface area (Å²) in [5, 5.41) is 0. The SMILES string of the molecule is COc1cc(C2Oc3ccccc3C(=O)C2C(=O)c2ccccc2)cc(OC)c1OC. The molecule has 2 unspecified atom stereocenters. The van der Waals surface area contributed by atoms with Gasteiger partial charge in [-0.1, -0.05) is 42.5 Å². The second-order valence-electron chi connectivity index (χ2n) is 7.07. The molecule has 0 aliphatic carbocycles. The lowest BCUT2D eigenvalue weighted by molar-refractivity contribution is 0.0568. The summed E-state index contributed by atoms with van der Waals surface area (Å²) in [6.07, 6.45) is -0.858. The average Bonchev–Trinajstić information content (AvgIpc) is 2.83. The fourth-order valence-corrected chi connectivity index (χ4v) is 3.85. The third-order valence-corrected chi connectivity index (χ3v) is 5.35. The average molecular weight is 418 g/mol. The number of hydrogen-bond acceptors (Lipinski definition) is 6. The van der Waals surface area contributed by atoms with Crippen LogP contribution < -0.4 is 18.9 Å². The minimum absolute atomic E-state index is 0.283. The van der Waals surface area contributed by atoms with Gasteiger partial charge >= 0.3 is 0 Å². The summed E-state index contributed by atoms with van der Waals surface area (Å²) in [4.78, 5) is 26.9. The van der Waals surface area contributed by atoms with Crippen molar-refractivity contribution in [3.8, 4) is 23.0 Å². The molecule has 0 saturated carbocycles. The van der Waals surface area contributed by atoms with Gasteiger partial charge in [-0.2, -0.15) is 0 Å². The molecule has 6 nitrogen and oxygen atoms in total. The molecule has 2 atom stereocenters. The standard InChI is InChI=1S/C25H22O6/c1-28-19-13-16(14-20(29-2)25(19)30-3)24-21(22(26)15-9-5-4-6-10-15)23(27)17-11-7-8-12-18(17)31-24/h4-14,21,24H,1-3H3. The van der Waals surface area contributed by atoms with Gasteiger partial charge in [0.2, 0.25) is 5.75 Å². The number of carbonyl (C=O) groups is 2. The van der Waals surface area contributed by atoms with Crippen LogP contribution in [0.2, 0.25) is 0 Å². The molecule has 6 heteroatoms. The number of Topliss-reactive ketones (excluding diaryl/α,β-unsaturated/α-hetero) is 2. The number of methoxy groups -OCH3 is 3. The molecule has 3 aromatic rings. The summed E-state index contributed by atoms with van der Waals surface area (Å²) in [6.45, 7) is 0. The number of carbonyl (C=O) groups excluding carboxylic acids is 2. The molecule has 4 rings (SSSR count). The van der Waals surface area contributed by atoms with Crippen LogP contribution in [0.4, 0.5) is 0 Å². The van der Waals surface area contributed by atoms with E-state index in [0.29, 0.717) is 39.7 Å². The lowest BCUT2D eigenvalue weighted by Crippen LogP contribution is -2.37. The molecular formula is C25H22O6. The van der Waals surface area contributed by atoms with Crippen LogP contribution in [-0.2, 0) is 0 Å². The third kappa shape index (κ3) is 3.61. The van der Waals surface area contributed by atoms with E-state index < -0.39 is 12.0 Å². The number of hydrogen-bond donors (Lipinski definition) is 0. The summed E-state index contributed by atoms with van der Waals surface area (Å²) >= 11 is 0. The fourth-order valence-electron chi connectivity index (χ4n) is 3.85. The van der Waals surface area contributed by atoms with E-state index in [1.165, 1.54) is 21.3 Å². The van der Waals surface area contributed by atoms with Gasteiger partial charge in [-0.3, -0.25) is 9.59 Å². The van der Waals surface area contributed by atoms with Crippen LogP contribution in [0.25, 0.3) is 0 Å². The van der Waals surface area contributed by atoms with Crippen LogP contribution in [0, 0.1) is 5.92 Å². The van der Waals surface area contributed by atoms with Gasteiger partial charge in [-0.05, 0) is 24.3 Å². The maximum Gasteiger partial charge on any atom is 0.203 e. The number of fused-ring (bicyclic) bond motifs is 1. The number of ether oxygens (including phenoxy) is 4. The zero-order valence-electron chi connectivity index (χ0n) is 17.5. The van der Waals surface area contributed by atoms with Crippen molar-refractivity contribution in [2.75, 3.05) is 21.3 Å². The minimum Gasteiger partial charge on any atom is -0.493 e. The van der Waals surface area contributed by atoms with Crippen molar-refractivity contribution in [1.82, 2.24) is 0 Å². The second-order valence-corrected chi connectivity index (χ2v) is 7.07. The molecule has 3 aromatic carbocycles. The van der Waals surface area contributed by atoms with Gasteiger partial charge < -0.3 is 18.9 Å². The van der Waals surface area contributed by atoms with Crippen molar-refractivity contribution < 1.29 is 28.5 Å². The zero-order valence-corrected chi connectivity index (χ0v) is 17.5. The van der Waals surface area contributed by atoms with Crippen LogP contribution in [0.5, 0.6) is 23.0 Å². The fraction of sp³-hybridized carbons (Fsp3) is 0.200. The predicted octanol–water partition coefficient (Wildman–Crippen LogP) is 4.53. The monoisotopic (exact) mass is 418 g/mol. The summed E-state index contributed by atoms with van der Waals surface area (Å²) in [5.41, 5.74) is 1.41. The number of rotatable bonds is 6. The first-order chi connectivity index (χ1) is 15.1. The van der Waals surface area contributed by atoms with Crippen LogP contribution in [-0.4, -0.2) is 32.9 Å². The van der Waals surface area contributed by atoms with Crippen LogP contribution in [0.3, 0.4) is 0 Å². The quantitative estimate of drug-likeness (QED) is 0.433. The van der Waals surface area contributed by atoms with Crippen molar-refractivity contribution in [3.63, 3.8) is 0 Å². The smallest absolute Gasteiger partial charge is 0.203 e. The van der Waals surface area contributed by atoms with E-state index in [4.69, 9.17) is 18.9 Å². The molecule has 31 heavy (non-hydrogen) atoms. The van der Waals surface area contributed by atoms with Gasteiger partial charge in [0.1, 0.15) is 17.8 Å². The summed E-state index contributed by atoms with van der Waals surface area (Å²) in [5.74, 6) is 0.0364. The Kier molecular flexibility index (Phi) is 5.62. The molecule has 0 amide bonds. The molecule has 0 fully saturated rings. The van der Waals surface area contributed by atoms with Gasteiger partial charge in [0.05, 0.1) is 26.9 Å². The molecule has 0 saturated heterocycles. The van der Waals surface area contributed by atoms with Gasteiger partial charge in [0.25, 0.3) is 0 Å². The lowest BCUT2D eigenvalue weighted by atomic mass is 9.80. The van der Waals surface area contributed by atoms with E-state index in [1.54, 1.807) is 60.7 Å². The Hall–Kier alpha value is -3.80. The Labute approximate surface area is 180 Å². The van der Waals surface area contributed by atoms with Crippen molar-refractivity contribution >= 4 is 11.6 Å². The molecule has 0 radical (unpaired) electrons. The molecule has 158 valence electrons.